The van der Waals surface area contributed by atoms with E-state index in [0.717, 1.165) is 31.4 Å². The fourth-order valence-electron chi connectivity index (χ4n) is 3.30. The molecule has 1 heterocycles. The summed E-state index contributed by atoms with van der Waals surface area (Å²) in [6.07, 6.45) is 4.46. The average molecular weight is 373 g/mol. The van der Waals surface area contributed by atoms with E-state index in [2.05, 4.69) is 17.6 Å². The van der Waals surface area contributed by atoms with Crippen molar-refractivity contribution in [2.45, 2.75) is 65.3 Å². The number of piperidine rings is 1. The van der Waals surface area contributed by atoms with Gasteiger partial charge in [0.25, 0.3) is 5.91 Å². The fourth-order valence-corrected chi connectivity index (χ4v) is 3.30. The van der Waals surface area contributed by atoms with Crippen molar-refractivity contribution < 1.29 is 14.4 Å². The Morgan fingerprint density at radius 1 is 1.15 bits per heavy atom. The quantitative estimate of drug-likeness (QED) is 0.770. The van der Waals surface area contributed by atoms with Gasteiger partial charge in [-0.3, -0.25) is 14.4 Å². The van der Waals surface area contributed by atoms with Gasteiger partial charge in [0.15, 0.2) is 0 Å². The molecule has 2 N–H and O–H groups in total. The van der Waals surface area contributed by atoms with Crippen LogP contribution in [0.15, 0.2) is 18.2 Å². The molecule has 1 aliphatic rings. The zero-order valence-electron chi connectivity index (χ0n) is 16.6. The third kappa shape index (κ3) is 6.08. The number of aryl methyl sites for hydroxylation is 1. The van der Waals surface area contributed by atoms with Crippen molar-refractivity contribution in [1.82, 2.24) is 10.2 Å². The number of carbonyl (C=O) groups is 3. The first-order valence-corrected chi connectivity index (χ1v) is 9.90. The van der Waals surface area contributed by atoms with Crippen LogP contribution < -0.4 is 10.6 Å². The number of anilines is 1. The number of benzene rings is 1. The molecule has 148 valence electrons. The molecule has 27 heavy (non-hydrogen) atoms. The van der Waals surface area contributed by atoms with E-state index in [1.165, 1.54) is 6.42 Å². The summed E-state index contributed by atoms with van der Waals surface area (Å²) in [5.41, 5.74) is 2.17. The van der Waals surface area contributed by atoms with Crippen molar-refractivity contribution in [1.29, 1.82) is 0 Å². The van der Waals surface area contributed by atoms with Gasteiger partial charge in [0.1, 0.15) is 0 Å². The van der Waals surface area contributed by atoms with Gasteiger partial charge in [0.05, 0.1) is 0 Å². The maximum absolute atomic E-state index is 12.8. The molecule has 1 aromatic carbocycles. The van der Waals surface area contributed by atoms with Crippen molar-refractivity contribution in [2.24, 2.45) is 0 Å². The lowest BCUT2D eigenvalue weighted by atomic mass is 10.0. The molecular weight excluding hydrogens is 342 g/mol. The van der Waals surface area contributed by atoms with Crippen LogP contribution in [0, 0.1) is 6.92 Å². The Hall–Kier alpha value is -2.37. The molecule has 1 fully saturated rings. The Balaban J connectivity index is 1.93. The van der Waals surface area contributed by atoms with Gasteiger partial charge < -0.3 is 15.5 Å². The minimum Gasteiger partial charge on any atom is -0.356 e. The van der Waals surface area contributed by atoms with Gasteiger partial charge in [0, 0.05) is 43.2 Å². The predicted octanol–water partition coefficient (Wildman–Crippen LogP) is 3.25. The normalized spacial score (nSPS) is 16.7. The first-order valence-electron chi connectivity index (χ1n) is 9.90. The summed E-state index contributed by atoms with van der Waals surface area (Å²) in [4.78, 5) is 38.4. The minimum atomic E-state index is -0.200. The lowest BCUT2D eigenvalue weighted by Crippen LogP contribution is -2.42. The van der Waals surface area contributed by atoms with E-state index >= 15 is 0 Å². The lowest BCUT2D eigenvalue weighted by Gasteiger charge is -2.33. The van der Waals surface area contributed by atoms with Crippen molar-refractivity contribution in [3.05, 3.63) is 29.3 Å². The standard InChI is InChI=1S/C21H31N3O3/c1-4-12-22-19(25)10-11-20(26)23-18-9-8-17(14-15(18)2)21(27)24-13-6-5-7-16(24)3/h8-9,14,16H,4-7,10-13H2,1-3H3,(H,22,25)(H,23,26). The zero-order chi connectivity index (χ0) is 19.8. The van der Waals surface area contributed by atoms with Crippen molar-refractivity contribution in [3.8, 4) is 0 Å². The van der Waals surface area contributed by atoms with Crippen LogP contribution in [0.1, 0.15) is 68.3 Å². The molecule has 0 bridgehead atoms. The second kappa shape index (κ2) is 10.1. The Kier molecular flexibility index (Phi) is 7.82. The number of hydrogen-bond donors (Lipinski definition) is 2. The number of likely N-dealkylation sites (tertiary alicyclic amines) is 1. The smallest absolute Gasteiger partial charge is 0.254 e. The van der Waals surface area contributed by atoms with Gasteiger partial charge in [-0.05, 0) is 63.3 Å². The van der Waals surface area contributed by atoms with Crippen molar-refractivity contribution in [3.63, 3.8) is 0 Å². The van der Waals surface area contributed by atoms with Gasteiger partial charge in [-0.25, -0.2) is 0 Å². The van der Waals surface area contributed by atoms with Gasteiger partial charge in [-0.1, -0.05) is 6.92 Å². The second-order valence-electron chi connectivity index (χ2n) is 7.27. The lowest BCUT2D eigenvalue weighted by molar-refractivity contribution is -0.124. The minimum absolute atomic E-state index is 0.0516. The van der Waals surface area contributed by atoms with Crippen LogP contribution >= 0.6 is 0 Å². The maximum atomic E-state index is 12.8. The maximum Gasteiger partial charge on any atom is 0.254 e. The van der Waals surface area contributed by atoms with Crippen LogP contribution in [0.4, 0.5) is 5.69 Å². The van der Waals surface area contributed by atoms with Crippen LogP contribution in [0.2, 0.25) is 0 Å². The Labute approximate surface area is 161 Å². The van der Waals surface area contributed by atoms with Gasteiger partial charge in [0.2, 0.25) is 11.8 Å². The molecule has 1 aromatic rings. The molecule has 2 rings (SSSR count). The largest absolute Gasteiger partial charge is 0.356 e. The zero-order valence-corrected chi connectivity index (χ0v) is 16.6. The molecule has 6 nitrogen and oxygen atoms in total. The van der Waals surface area contributed by atoms with Gasteiger partial charge >= 0.3 is 0 Å². The number of carbonyl (C=O) groups excluding carboxylic acids is 3. The summed E-state index contributed by atoms with van der Waals surface area (Å²) in [6.45, 7) is 7.38. The van der Waals surface area contributed by atoms with E-state index in [4.69, 9.17) is 0 Å². The molecular formula is C21H31N3O3. The summed E-state index contributed by atoms with van der Waals surface area (Å²) in [5, 5.41) is 5.59. The Morgan fingerprint density at radius 3 is 2.56 bits per heavy atom. The molecule has 0 radical (unpaired) electrons. The fraction of sp³-hybridized carbons (Fsp3) is 0.571. The first kappa shape index (κ1) is 20.9. The third-order valence-corrected chi connectivity index (χ3v) is 4.96. The highest BCUT2D eigenvalue weighted by molar-refractivity contribution is 5.97. The summed E-state index contributed by atoms with van der Waals surface area (Å²) in [6, 6.07) is 5.63. The molecule has 6 heteroatoms. The van der Waals surface area contributed by atoms with E-state index in [1.54, 1.807) is 12.1 Å². The number of rotatable bonds is 7. The molecule has 0 aliphatic carbocycles. The number of amides is 3. The van der Waals surface area contributed by atoms with Crippen molar-refractivity contribution in [2.75, 3.05) is 18.4 Å². The van der Waals surface area contributed by atoms with E-state index in [0.29, 0.717) is 17.8 Å². The average Bonchev–Trinajstić information content (AvgIpc) is 2.66. The van der Waals surface area contributed by atoms with Crippen LogP contribution in [0.5, 0.6) is 0 Å². The summed E-state index contributed by atoms with van der Waals surface area (Å²) < 4.78 is 0. The van der Waals surface area contributed by atoms with E-state index in [-0.39, 0.29) is 36.6 Å². The van der Waals surface area contributed by atoms with Crippen molar-refractivity contribution >= 4 is 23.4 Å². The van der Waals surface area contributed by atoms with Crippen LogP contribution in [-0.4, -0.2) is 41.8 Å². The highest BCUT2D eigenvalue weighted by atomic mass is 16.2. The van der Waals surface area contributed by atoms with E-state index in [9.17, 15) is 14.4 Å². The highest BCUT2D eigenvalue weighted by Gasteiger charge is 2.24. The molecule has 1 unspecified atom stereocenters. The van der Waals surface area contributed by atoms with Crippen LogP contribution in [0.25, 0.3) is 0 Å². The van der Waals surface area contributed by atoms with E-state index in [1.807, 2.05) is 24.8 Å². The topological polar surface area (TPSA) is 78.5 Å². The molecule has 1 atom stereocenters. The molecule has 1 saturated heterocycles. The SMILES string of the molecule is CCCNC(=O)CCC(=O)Nc1ccc(C(=O)N2CCCCC2C)cc1C. The monoisotopic (exact) mass is 373 g/mol. The second-order valence-corrected chi connectivity index (χ2v) is 7.27. The summed E-state index contributed by atoms with van der Waals surface area (Å²) in [7, 11) is 0. The third-order valence-electron chi connectivity index (χ3n) is 4.96. The number of hydrogen-bond acceptors (Lipinski definition) is 3. The summed E-state index contributed by atoms with van der Waals surface area (Å²) in [5.74, 6) is -0.260. The molecule has 1 aliphatic heterocycles. The van der Waals surface area contributed by atoms with Crippen LogP contribution in [0.3, 0.4) is 0 Å². The first-order chi connectivity index (χ1) is 12.9. The van der Waals surface area contributed by atoms with Gasteiger partial charge in [-0.15, -0.1) is 0 Å². The summed E-state index contributed by atoms with van der Waals surface area (Å²) >= 11 is 0. The molecule has 0 spiro atoms. The number of nitrogens with zero attached hydrogens (tertiary/aromatic N) is 1. The predicted molar refractivity (Wildman–Crippen MR) is 107 cm³/mol. The number of nitrogens with one attached hydrogen (secondary N) is 2. The van der Waals surface area contributed by atoms with E-state index < -0.39 is 0 Å². The van der Waals surface area contributed by atoms with Crippen LogP contribution in [-0.2, 0) is 9.59 Å². The Morgan fingerprint density at radius 2 is 1.89 bits per heavy atom. The molecule has 0 aromatic heterocycles. The Bertz CT molecular complexity index is 687. The molecule has 3 amide bonds. The highest BCUT2D eigenvalue weighted by Crippen LogP contribution is 2.22. The molecule has 0 saturated carbocycles. The van der Waals surface area contributed by atoms with Gasteiger partial charge in [-0.2, -0.15) is 0 Å².